The summed E-state index contributed by atoms with van der Waals surface area (Å²) in [5, 5.41) is 4.46. The number of aromatic amines is 2. The highest BCUT2D eigenvalue weighted by Crippen LogP contribution is 2.26. The van der Waals surface area contributed by atoms with Gasteiger partial charge < -0.3 is 19.9 Å². The predicted octanol–water partition coefficient (Wildman–Crippen LogP) is 4.19. The summed E-state index contributed by atoms with van der Waals surface area (Å²) in [7, 11) is 0. The lowest BCUT2D eigenvalue weighted by Gasteiger charge is -2.09. The van der Waals surface area contributed by atoms with Gasteiger partial charge in [0.1, 0.15) is 23.6 Å². The van der Waals surface area contributed by atoms with Crippen LogP contribution >= 0.6 is 11.6 Å². The van der Waals surface area contributed by atoms with E-state index in [0.29, 0.717) is 22.9 Å². The third kappa shape index (κ3) is 3.23. The molecule has 5 aromatic rings. The fraction of sp³-hybridized carbons (Fsp3) is 0.0500. The van der Waals surface area contributed by atoms with Gasteiger partial charge in [0.25, 0.3) is 0 Å². The largest absolute Gasteiger partial charge is 0.340 e. The van der Waals surface area contributed by atoms with E-state index in [1.54, 1.807) is 6.07 Å². The smallest absolute Gasteiger partial charge is 0.323 e. The van der Waals surface area contributed by atoms with E-state index < -0.39 is 0 Å². The number of hydrogen-bond acceptors (Lipinski definition) is 4. The first-order chi connectivity index (χ1) is 14.1. The molecule has 7 nitrogen and oxygen atoms in total. The Morgan fingerprint density at radius 3 is 2.79 bits per heavy atom. The van der Waals surface area contributed by atoms with E-state index in [9.17, 15) is 9.18 Å². The van der Waals surface area contributed by atoms with Crippen LogP contribution in [-0.4, -0.2) is 24.5 Å². The van der Waals surface area contributed by atoms with Crippen LogP contribution in [0.1, 0.15) is 5.56 Å². The zero-order valence-corrected chi connectivity index (χ0v) is 15.7. The number of aromatic nitrogens is 5. The molecule has 0 amide bonds. The number of hydrogen-bond donors (Lipinski definition) is 3. The van der Waals surface area contributed by atoms with Crippen LogP contribution in [-0.2, 0) is 6.54 Å². The Kier molecular flexibility index (Phi) is 4.06. The number of benzene rings is 2. The van der Waals surface area contributed by atoms with Crippen molar-refractivity contribution in [1.82, 2.24) is 24.5 Å². The van der Waals surface area contributed by atoms with Gasteiger partial charge >= 0.3 is 5.69 Å². The molecule has 29 heavy (non-hydrogen) atoms. The van der Waals surface area contributed by atoms with Crippen LogP contribution in [0, 0.1) is 5.82 Å². The highest BCUT2D eigenvalue weighted by Gasteiger charge is 2.11. The molecular formula is C20H14ClFN6O. The van der Waals surface area contributed by atoms with Crippen LogP contribution in [0.15, 0.2) is 59.8 Å². The second kappa shape index (κ2) is 6.75. The van der Waals surface area contributed by atoms with Gasteiger partial charge in [-0.1, -0.05) is 17.7 Å². The van der Waals surface area contributed by atoms with Gasteiger partial charge in [-0.2, -0.15) is 0 Å². The van der Waals surface area contributed by atoms with E-state index in [0.717, 1.165) is 27.8 Å². The number of H-pyrrole nitrogens is 2. The summed E-state index contributed by atoms with van der Waals surface area (Å²) in [5.41, 5.74) is 3.48. The van der Waals surface area contributed by atoms with Crippen molar-refractivity contribution in [2.75, 3.05) is 5.32 Å². The molecule has 3 heterocycles. The molecule has 0 fully saturated rings. The minimum absolute atomic E-state index is 0.252. The number of anilines is 2. The first-order valence-corrected chi connectivity index (χ1v) is 9.17. The van der Waals surface area contributed by atoms with Crippen molar-refractivity contribution in [3.05, 3.63) is 81.9 Å². The summed E-state index contributed by atoms with van der Waals surface area (Å²) in [5.74, 6) is 0.266. The van der Waals surface area contributed by atoms with Gasteiger partial charge in [-0.15, -0.1) is 0 Å². The van der Waals surface area contributed by atoms with Gasteiger partial charge in [-0.05, 0) is 42.0 Å². The minimum Gasteiger partial charge on any atom is -0.340 e. The van der Waals surface area contributed by atoms with Crippen LogP contribution in [0.25, 0.3) is 22.1 Å². The van der Waals surface area contributed by atoms with E-state index in [2.05, 4.69) is 25.3 Å². The van der Waals surface area contributed by atoms with Crippen molar-refractivity contribution in [2.45, 2.75) is 6.54 Å². The number of nitrogens with zero attached hydrogens (tertiary/aromatic N) is 3. The van der Waals surface area contributed by atoms with Crippen molar-refractivity contribution < 1.29 is 4.39 Å². The first-order valence-electron chi connectivity index (χ1n) is 8.80. The predicted molar refractivity (Wildman–Crippen MR) is 110 cm³/mol. The summed E-state index contributed by atoms with van der Waals surface area (Å²) < 4.78 is 15.2. The van der Waals surface area contributed by atoms with Crippen molar-refractivity contribution in [2.24, 2.45) is 0 Å². The molecule has 0 bridgehead atoms. The van der Waals surface area contributed by atoms with Crippen LogP contribution in [0.4, 0.5) is 15.9 Å². The normalized spacial score (nSPS) is 11.4. The molecule has 0 saturated heterocycles. The Morgan fingerprint density at radius 2 is 1.93 bits per heavy atom. The maximum Gasteiger partial charge on any atom is 0.323 e. The summed E-state index contributed by atoms with van der Waals surface area (Å²) >= 11 is 6.16. The number of imidazole rings is 1. The Labute approximate surface area is 168 Å². The summed E-state index contributed by atoms with van der Waals surface area (Å²) in [6, 6.07) is 11.8. The molecular weight excluding hydrogens is 395 g/mol. The van der Waals surface area contributed by atoms with Crippen molar-refractivity contribution in [1.29, 1.82) is 0 Å². The average molecular weight is 409 g/mol. The third-order valence-corrected chi connectivity index (χ3v) is 5.04. The Bertz CT molecular complexity index is 1420. The van der Waals surface area contributed by atoms with E-state index >= 15 is 0 Å². The maximum absolute atomic E-state index is 13.3. The highest BCUT2D eigenvalue weighted by molar-refractivity contribution is 6.31. The van der Waals surface area contributed by atoms with Gasteiger partial charge in [0.2, 0.25) is 0 Å². The van der Waals surface area contributed by atoms with E-state index in [1.807, 2.05) is 35.0 Å². The molecule has 0 spiro atoms. The fourth-order valence-corrected chi connectivity index (χ4v) is 3.54. The molecule has 0 radical (unpaired) electrons. The van der Waals surface area contributed by atoms with Crippen LogP contribution in [0.2, 0.25) is 5.02 Å². The van der Waals surface area contributed by atoms with Crippen LogP contribution < -0.4 is 11.0 Å². The van der Waals surface area contributed by atoms with Crippen molar-refractivity contribution in [3.63, 3.8) is 0 Å². The highest BCUT2D eigenvalue weighted by atomic mass is 35.5. The molecule has 0 aliphatic carbocycles. The van der Waals surface area contributed by atoms with Gasteiger partial charge in [-0.25, -0.2) is 19.2 Å². The molecule has 0 unspecified atom stereocenters. The summed E-state index contributed by atoms with van der Waals surface area (Å²) in [6.07, 6.45) is 3.36. The molecule has 5 rings (SSSR count). The molecule has 2 aromatic carbocycles. The molecule has 0 atom stereocenters. The summed E-state index contributed by atoms with van der Waals surface area (Å²) in [6.45, 7) is 0.454. The molecule has 144 valence electrons. The standard InChI is InChI=1S/C20H14ClFN6O/c21-15-7-12(22)2-1-11(15)9-28-6-5-14-18(23-10-24-19(14)28)25-13-3-4-16-17(8-13)27-20(29)26-16/h1-8,10H,9H2,(H,23,24,25)(H2,26,27,29). The maximum atomic E-state index is 13.3. The molecule has 9 heteroatoms. The van der Waals surface area contributed by atoms with Crippen molar-refractivity contribution in [3.8, 4) is 0 Å². The van der Waals surface area contributed by atoms with Gasteiger partial charge in [-0.3, -0.25) is 0 Å². The number of rotatable bonds is 4. The third-order valence-electron chi connectivity index (χ3n) is 4.69. The monoisotopic (exact) mass is 408 g/mol. The lowest BCUT2D eigenvalue weighted by atomic mass is 10.2. The number of fused-ring (bicyclic) bond motifs is 2. The van der Waals surface area contributed by atoms with Gasteiger partial charge in [0, 0.05) is 16.9 Å². The second-order valence-electron chi connectivity index (χ2n) is 6.60. The second-order valence-corrected chi connectivity index (χ2v) is 7.01. The molecule has 0 aliphatic rings. The zero-order valence-electron chi connectivity index (χ0n) is 14.9. The lowest BCUT2D eigenvalue weighted by molar-refractivity contribution is 0.626. The number of nitrogens with one attached hydrogen (secondary N) is 3. The summed E-state index contributed by atoms with van der Waals surface area (Å²) in [4.78, 5) is 25.6. The first kappa shape index (κ1) is 17.4. The lowest BCUT2D eigenvalue weighted by Crippen LogP contribution is -2.01. The van der Waals surface area contributed by atoms with Crippen LogP contribution in [0.5, 0.6) is 0 Å². The minimum atomic E-state index is -0.370. The molecule has 0 saturated carbocycles. The van der Waals surface area contributed by atoms with E-state index in [1.165, 1.54) is 18.5 Å². The topological polar surface area (TPSA) is 91.4 Å². The quantitative estimate of drug-likeness (QED) is 0.416. The van der Waals surface area contributed by atoms with Crippen molar-refractivity contribution >= 4 is 45.2 Å². The van der Waals surface area contributed by atoms with Crippen LogP contribution in [0.3, 0.4) is 0 Å². The Hall–Kier alpha value is -3.65. The van der Waals surface area contributed by atoms with Gasteiger partial charge in [0.15, 0.2) is 0 Å². The molecule has 0 aliphatic heterocycles. The SMILES string of the molecule is O=c1[nH]c2ccc(Nc3ncnc4c3ccn4Cc3ccc(F)cc3Cl)cc2[nH]1. The van der Waals surface area contributed by atoms with E-state index in [-0.39, 0.29) is 11.5 Å². The Morgan fingerprint density at radius 1 is 1.07 bits per heavy atom. The number of halogens is 2. The Balaban J connectivity index is 1.49. The average Bonchev–Trinajstić information content (AvgIpc) is 3.27. The van der Waals surface area contributed by atoms with Gasteiger partial charge in [0.05, 0.1) is 23.0 Å². The molecule has 3 N–H and O–H groups in total. The fourth-order valence-electron chi connectivity index (χ4n) is 3.31. The molecule has 3 aromatic heterocycles. The zero-order chi connectivity index (χ0) is 20.0. The van der Waals surface area contributed by atoms with E-state index in [4.69, 9.17) is 11.6 Å².